The van der Waals surface area contributed by atoms with Crippen LogP contribution in [0.5, 0.6) is 5.75 Å². The third kappa shape index (κ3) is 5.75. The maximum Gasteiger partial charge on any atom is 0.123 e. The third-order valence-corrected chi connectivity index (χ3v) is 5.03. The monoisotopic (exact) mass is 404 g/mol. The van der Waals surface area contributed by atoms with Crippen LogP contribution in [0.25, 0.3) is 0 Å². The Morgan fingerprint density at radius 1 is 0.567 bits per heavy atom. The van der Waals surface area contributed by atoms with Crippen LogP contribution in [-0.2, 0) is 0 Å². The third-order valence-electron chi connectivity index (χ3n) is 5.03. The molecule has 0 aromatic heterocycles. The van der Waals surface area contributed by atoms with Crippen LogP contribution in [-0.4, -0.2) is 5.60 Å². The largest absolute Gasteiger partial charge is 0.487 e. The Bertz CT molecular complexity index is 821. The fourth-order valence-electron chi connectivity index (χ4n) is 4.04. The van der Waals surface area contributed by atoms with Gasteiger partial charge in [0.25, 0.3) is 0 Å². The molecule has 4 rings (SSSR count). The van der Waals surface area contributed by atoms with Crippen molar-refractivity contribution in [2.45, 2.75) is 72.8 Å². The molecule has 0 bridgehead atoms. The van der Waals surface area contributed by atoms with Crippen LogP contribution < -0.4 is 4.74 Å². The van der Waals surface area contributed by atoms with Crippen LogP contribution in [0.3, 0.4) is 0 Å². The van der Waals surface area contributed by atoms with Crippen LogP contribution in [0.1, 0.15) is 83.9 Å². The predicted molar refractivity (Wildman–Crippen MR) is 133 cm³/mol. The van der Waals surface area contributed by atoms with Crippen molar-refractivity contribution in [2.24, 2.45) is 0 Å². The minimum absolute atomic E-state index is 0.260. The second-order valence-corrected chi connectivity index (χ2v) is 7.02. The highest BCUT2D eigenvalue weighted by atomic mass is 16.5. The van der Waals surface area contributed by atoms with Crippen molar-refractivity contribution in [1.29, 1.82) is 0 Å². The molecular formula is C29H40O. The first-order valence-electron chi connectivity index (χ1n) is 11.5. The number of fused-ring (bicyclic) bond motifs is 1. The Labute approximate surface area is 185 Å². The summed E-state index contributed by atoms with van der Waals surface area (Å²) in [5.41, 5.74) is 3.66. The molecule has 1 heterocycles. The quantitative estimate of drug-likeness (QED) is 0.414. The Balaban J connectivity index is 0.000000691. The predicted octanol–water partition coefficient (Wildman–Crippen LogP) is 8.85. The van der Waals surface area contributed by atoms with E-state index in [-0.39, 0.29) is 17.4 Å². The number of ether oxygens (including phenoxy) is 1. The van der Waals surface area contributed by atoms with Gasteiger partial charge >= 0.3 is 0 Å². The summed E-state index contributed by atoms with van der Waals surface area (Å²) in [5, 5.41) is 0. The Morgan fingerprint density at radius 3 is 1.53 bits per heavy atom. The lowest BCUT2D eigenvalue weighted by atomic mass is 9.68. The van der Waals surface area contributed by atoms with Gasteiger partial charge in [0.2, 0.25) is 0 Å². The summed E-state index contributed by atoms with van der Waals surface area (Å²) in [6.07, 6.45) is 0. The average molecular weight is 405 g/mol. The highest BCUT2D eigenvalue weighted by Gasteiger charge is 2.44. The Morgan fingerprint density at radius 2 is 1.00 bits per heavy atom. The molecule has 0 amide bonds. The zero-order valence-electron chi connectivity index (χ0n) is 20.1. The fraction of sp³-hybridized carbons (Fsp3) is 0.379. The van der Waals surface area contributed by atoms with Crippen molar-refractivity contribution in [3.8, 4) is 5.75 Å². The molecule has 1 aliphatic rings. The van der Waals surface area contributed by atoms with Crippen LogP contribution in [0.2, 0.25) is 0 Å². The number of rotatable bonds is 2. The van der Waals surface area contributed by atoms with E-state index in [2.05, 4.69) is 98.8 Å². The molecule has 0 spiro atoms. The van der Waals surface area contributed by atoms with Crippen molar-refractivity contribution >= 4 is 0 Å². The lowest BCUT2D eigenvalue weighted by Gasteiger charge is -2.45. The maximum atomic E-state index is 6.44. The van der Waals surface area contributed by atoms with Gasteiger partial charge in [-0.05, 0) is 31.0 Å². The summed E-state index contributed by atoms with van der Waals surface area (Å²) in [7, 11) is 0. The lowest BCUT2D eigenvalue weighted by molar-refractivity contribution is 0.0531. The van der Waals surface area contributed by atoms with E-state index in [0.717, 1.165) is 5.75 Å². The van der Waals surface area contributed by atoms with Gasteiger partial charge in [-0.3, -0.25) is 0 Å². The topological polar surface area (TPSA) is 9.23 Å². The van der Waals surface area contributed by atoms with Gasteiger partial charge in [0.1, 0.15) is 11.4 Å². The van der Waals surface area contributed by atoms with Crippen LogP contribution in [0.15, 0.2) is 84.9 Å². The zero-order chi connectivity index (χ0) is 22.6. The van der Waals surface area contributed by atoms with E-state index in [1.165, 1.54) is 16.7 Å². The molecule has 1 nitrogen and oxygen atoms in total. The summed E-state index contributed by atoms with van der Waals surface area (Å²) in [6, 6.07) is 30.0. The molecule has 0 aliphatic carbocycles. The van der Waals surface area contributed by atoms with Crippen molar-refractivity contribution in [3.05, 3.63) is 102 Å². The smallest absolute Gasteiger partial charge is 0.123 e. The molecular weight excluding hydrogens is 364 g/mol. The van der Waals surface area contributed by atoms with Crippen molar-refractivity contribution in [2.75, 3.05) is 0 Å². The molecule has 1 unspecified atom stereocenters. The molecule has 2 atom stereocenters. The van der Waals surface area contributed by atoms with Gasteiger partial charge in [0.05, 0.1) is 0 Å². The maximum absolute atomic E-state index is 6.44. The van der Waals surface area contributed by atoms with Gasteiger partial charge in [-0.25, -0.2) is 0 Å². The van der Waals surface area contributed by atoms with E-state index in [0.29, 0.717) is 0 Å². The lowest BCUT2D eigenvalue weighted by Crippen LogP contribution is -2.43. The van der Waals surface area contributed by atoms with Gasteiger partial charge in [-0.15, -0.1) is 0 Å². The van der Waals surface area contributed by atoms with Gasteiger partial charge in [0.15, 0.2) is 0 Å². The summed E-state index contributed by atoms with van der Waals surface area (Å²) >= 11 is 0. The van der Waals surface area contributed by atoms with Crippen molar-refractivity contribution in [3.63, 3.8) is 0 Å². The summed E-state index contributed by atoms with van der Waals surface area (Å²) < 4.78 is 6.44. The number of benzene rings is 3. The molecule has 0 saturated carbocycles. The van der Waals surface area contributed by atoms with Gasteiger partial charge in [-0.1, -0.05) is 120 Å². The second-order valence-electron chi connectivity index (χ2n) is 7.02. The second kappa shape index (κ2) is 12.9. The van der Waals surface area contributed by atoms with Crippen LogP contribution >= 0.6 is 0 Å². The number of hydrogen-bond donors (Lipinski definition) is 0. The molecule has 3 aromatic rings. The van der Waals surface area contributed by atoms with Crippen molar-refractivity contribution in [1.82, 2.24) is 0 Å². The normalized spacial score (nSPS) is 17.9. The molecule has 1 heteroatoms. The van der Waals surface area contributed by atoms with Crippen molar-refractivity contribution < 1.29 is 4.74 Å². The number of hydrogen-bond acceptors (Lipinski definition) is 1. The first-order chi connectivity index (χ1) is 14.7. The molecule has 162 valence electrons. The molecule has 1 aliphatic heterocycles. The molecule has 0 saturated heterocycles. The van der Waals surface area contributed by atoms with Gasteiger partial charge in [0, 0.05) is 17.4 Å². The molecule has 0 N–H and O–H groups in total. The van der Waals surface area contributed by atoms with Crippen LogP contribution in [0.4, 0.5) is 0 Å². The Kier molecular flexibility index (Phi) is 11.0. The van der Waals surface area contributed by atoms with E-state index < -0.39 is 0 Å². The van der Waals surface area contributed by atoms with Gasteiger partial charge in [-0.2, -0.15) is 0 Å². The van der Waals surface area contributed by atoms with Crippen LogP contribution in [0, 0.1) is 0 Å². The minimum Gasteiger partial charge on any atom is -0.487 e. The molecule has 0 radical (unpaired) electrons. The van der Waals surface area contributed by atoms with E-state index in [1.54, 1.807) is 0 Å². The fourth-order valence-corrected chi connectivity index (χ4v) is 4.04. The number of para-hydroxylation sites is 1. The highest BCUT2D eigenvalue weighted by molar-refractivity contribution is 5.49. The SMILES string of the molecule is CC.CC.CC.CC1(C)Oc2ccccc2[C@@H](c2ccccc2)C1c1ccccc1. The van der Waals surface area contributed by atoms with E-state index in [9.17, 15) is 0 Å². The Hall–Kier alpha value is -2.54. The minimum atomic E-state index is -0.282. The standard InChI is InChI=1S/C23H22O.3C2H6/c1-23(2)22(18-13-7-4-8-14-18)21(17-11-5-3-6-12-17)19-15-9-10-16-20(19)24-23;3*1-2/h3-16,21-22H,1-2H3;3*1-2H3/t21-,22?;;;/m1.../s1. The molecule has 3 aromatic carbocycles. The first kappa shape index (κ1) is 25.5. The zero-order valence-corrected chi connectivity index (χ0v) is 20.1. The summed E-state index contributed by atoms with van der Waals surface area (Å²) in [5.74, 6) is 1.55. The van der Waals surface area contributed by atoms with Gasteiger partial charge < -0.3 is 4.74 Å². The molecule has 30 heavy (non-hydrogen) atoms. The first-order valence-corrected chi connectivity index (χ1v) is 11.5. The van der Waals surface area contributed by atoms with E-state index in [1.807, 2.05) is 41.5 Å². The molecule has 0 fully saturated rings. The average Bonchev–Trinajstić information content (AvgIpc) is 2.82. The van der Waals surface area contributed by atoms with E-state index >= 15 is 0 Å². The summed E-state index contributed by atoms with van der Waals surface area (Å²) in [4.78, 5) is 0. The highest BCUT2D eigenvalue weighted by Crippen LogP contribution is 2.52. The van der Waals surface area contributed by atoms with E-state index in [4.69, 9.17) is 4.74 Å². The summed E-state index contributed by atoms with van der Waals surface area (Å²) in [6.45, 7) is 16.4.